The van der Waals surface area contributed by atoms with Crippen molar-refractivity contribution in [2.45, 2.75) is 45.3 Å². The fourth-order valence-electron chi connectivity index (χ4n) is 2.54. The van der Waals surface area contributed by atoms with Crippen molar-refractivity contribution in [1.82, 2.24) is 10.2 Å². The first-order valence-electron chi connectivity index (χ1n) is 6.26. The molecule has 0 bridgehead atoms. The van der Waals surface area contributed by atoms with E-state index in [0.717, 1.165) is 24.9 Å². The Morgan fingerprint density at radius 3 is 3.12 bits per heavy atom. The van der Waals surface area contributed by atoms with E-state index in [2.05, 4.69) is 24.1 Å². The maximum Gasteiger partial charge on any atom is 0.117 e. The first-order chi connectivity index (χ1) is 7.77. The van der Waals surface area contributed by atoms with Crippen LogP contribution in [0.4, 0.5) is 0 Å². The Balaban J connectivity index is 1.69. The summed E-state index contributed by atoms with van der Waals surface area (Å²) in [5.41, 5.74) is 0. The molecule has 2 atom stereocenters. The summed E-state index contributed by atoms with van der Waals surface area (Å²) in [6.07, 6.45) is 4.43. The smallest absolute Gasteiger partial charge is 0.117 e. The molecule has 1 aliphatic rings. The summed E-state index contributed by atoms with van der Waals surface area (Å²) in [6.45, 7) is 7.75. The van der Waals surface area contributed by atoms with E-state index in [1.54, 1.807) is 6.26 Å². The zero-order valence-electron chi connectivity index (χ0n) is 10.3. The average molecular weight is 222 g/mol. The molecule has 1 aromatic heterocycles. The third-order valence-electron chi connectivity index (χ3n) is 3.49. The number of nitrogens with one attached hydrogen (secondary N) is 1. The van der Waals surface area contributed by atoms with Crippen LogP contribution in [0.5, 0.6) is 0 Å². The van der Waals surface area contributed by atoms with Crippen LogP contribution in [0.2, 0.25) is 0 Å². The van der Waals surface area contributed by atoms with Crippen molar-refractivity contribution in [2.24, 2.45) is 0 Å². The summed E-state index contributed by atoms with van der Waals surface area (Å²) in [5.74, 6) is 1.02. The SMILES string of the molecule is CC1CCCN1C(C)CNCc1ccco1. The highest BCUT2D eigenvalue weighted by Crippen LogP contribution is 2.18. The normalized spacial score (nSPS) is 23.8. The van der Waals surface area contributed by atoms with Gasteiger partial charge in [-0.1, -0.05) is 0 Å². The second-order valence-electron chi connectivity index (χ2n) is 4.79. The van der Waals surface area contributed by atoms with E-state index in [0.29, 0.717) is 6.04 Å². The van der Waals surface area contributed by atoms with Gasteiger partial charge in [-0.15, -0.1) is 0 Å². The molecule has 0 aromatic carbocycles. The van der Waals surface area contributed by atoms with Crippen LogP contribution < -0.4 is 5.32 Å². The lowest BCUT2D eigenvalue weighted by Gasteiger charge is -2.28. The molecule has 16 heavy (non-hydrogen) atoms. The van der Waals surface area contributed by atoms with Crippen LogP contribution in [0.1, 0.15) is 32.4 Å². The fraction of sp³-hybridized carbons (Fsp3) is 0.692. The topological polar surface area (TPSA) is 28.4 Å². The van der Waals surface area contributed by atoms with Crippen molar-refractivity contribution in [3.8, 4) is 0 Å². The summed E-state index contributed by atoms with van der Waals surface area (Å²) in [5, 5.41) is 3.45. The maximum absolute atomic E-state index is 5.29. The van der Waals surface area contributed by atoms with Gasteiger partial charge in [-0.2, -0.15) is 0 Å². The Morgan fingerprint density at radius 1 is 1.62 bits per heavy atom. The van der Waals surface area contributed by atoms with E-state index < -0.39 is 0 Å². The summed E-state index contributed by atoms with van der Waals surface area (Å²) >= 11 is 0. The molecule has 90 valence electrons. The van der Waals surface area contributed by atoms with Crippen LogP contribution in [0.25, 0.3) is 0 Å². The molecular formula is C13H22N2O. The van der Waals surface area contributed by atoms with Gasteiger partial charge < -0.3 is 9.73 Å². The Labute approximate surface area is 97.8 Å². The lowest BCUT2D eigenvalue weighted by Crippen LogP contribution is -2.41. The number of hydrogen-bond donors (Lipinski definition) is 1. The van der Waals surface area contributed by atoms with Crippen LogP contribution in [0.3, 0.4) is 0 Å². The first-order valence-corrected chi connectivity index (χ1v) is 6.26. The van der Waals surface area contributed by atoms with Gasteiger partial charge in [0, 0.05) is 18.6 Å². The van der Waals surface area contributed by atoms with Crippen molar-refractivity contribution in [3.63, 3.8) is 0 Å². The largest absolute Gasteiger partial charge is 0.468 e. The van der Waals surface area contributed by atoms with Gasteiger partial charge in [0.1, 0.15) is 5.76 Å². The van der Waals surface area contributed by atoms with E-state index in [1.807, 2.05) is 12.1 Å². The number of rotatable bonds is 5. The van der Waals surface area contributed by atoms with E-state index in [9.17, 15) is 0 Å². The second-order valence-corrected chi connectivity index (χ2v) is 4.79. The molecule has 2 heterocycles. The van der Waals surface area contributed by atoms with Crippen molar-refractivity contribution in [1.29, 1.82) is 0 Å². The van der Waals surface area contributed by atoms with Crippen LogP contribution in [-0.4, -0.2) is 30.1 Å². The lowest BCUT2D eigenvalue weighted by molar-refractivity contribution is 0.197. The van der Waals surface area contributed by atoms with Gasteiger partial charge in [0.2, 0.25) is 0 Å². The zero-order valence-corrected chi connectivity index (χ0v) is 10.3. The molecular weight excluding hydrogens is 200 g/mol. The average Bonchev–Trinajstić information content (AvgIpc) is 2.88. The summed E-state index contributed by atoms with van der Waals surface area (Å²) in [6, 6.07) is 5.31. The van der Waals surface area contributed by atoms with Crippen LogP contribution >= 0.6 is 0 Å². The standard InChI is InChI=1S/C13H22N2O/c1-11-5-3-7-15(11)12(2)9-14-10-13-6-4-8-16-13/h4,6,8,11-12,14H,3,5,7,9-10H2,1-2H3. The Morgan fingerprint density at radius 2 is 2.50 bits per heavy atom. The number of likely N-dealkylation sites (tertiary alicyclic amines) is 1. The predicted octanol–water partition coefficient (Wildman–Crippen LogP) is 2.24. The molecule has 1 aromatic rings. The molecule has 2 rings (SSSR count). The minimum atomic E-state index is 0.618. The van der Waals surface area contributed by atoms with Gasteiger partial charge in [-0.25, -0.2) is 0 Å². The molecule has 1 aliphatic heterocycles. The van der Waals surface area contributed by atoms with E-state index in [1.165, 1.54) is 19.4 Å². The third kappa shape index (κ3) is 2.86. The minimum absolute atomic E-state index is 0.618. The monoisotopic (exact) mass is 222 g/mol. The van der Waals surface area contributed by atoms with Gasteiger partial charge in [-0.3, -0.25) is 4.90 Å². The van der Waals surface area contributed by atoms with E-state index in [-0.39, 0.29) is 0 Å². The second kappa shape index (κ2) is 5.51. The van der Waals surface area contributed by atoms with Gasteiger partial charge >= 0.3 is 0 Å². The minimum Gasteiger partial charge on any atom is -0.468 e. The lowest BCUT2D eigenvalue weighted by atomic mass is 10.2. The Hall–Kier alpha value is -0.800. The quantitative estimate of drug-likeness (QED) is 0.828. The Kier molecular flexibility index (Phi) is 4.02. The molecule has 1 N–H and O–H groups in total. The van der Waals surface area contributed by atoms with E-state index >= 15 is 0 Å². The highest BCUT2D eigenvalue weighted by molar-refractivity contribution is 4.97. The molecule has 0 amide bonds. The third-order valence-corrected chi connectivity index (χ3v) is 3.49. The van der Waals surface area contributed by atoms with Crippen LogP contribution in [0, 0.1) is 0 Å². The van der Waals surface area contributed by atoms with Gasteiger partial charge in [0.25, 0.3) is 0 Å². The van der Waals surface area contributed by atoms with Crippen molar-refractivity contribution in [2.75, 3.05) is 13.1 Å². The number of nitrogens with zero attached hydrogens (tertiary/aromatic N) is 1. The molecule has 3 nitrogen and oxygen atoms in total. The van der Waals surface area contributed by atoms with Crippen molar-refractivity contribution in [3.05, 3.63) is 24.2 Å². The molecule has 3 heteroatoms. The Bertz CT molecular complexity index is 297. The highest BCUT2D eigenvalue weighted by Gasteiger charge is 2.24. The zero-order chi connectivity index (χ0) is 11.4. The van der Waals surface area contributed by atoms with Gasteiger partial charge in [0.15, 0.2) is 0 Å². The summed E-state index contributed by atoms with van der Waals surface area (Å²) in [7, 11) is 0. The van der Waals surface area contributed by atoms with E-state index in [4.69, 9.17) is 4.42 Å². The highest BCUT2D eigenvalue weighted by atomic mass is 16.3. The molecule has 1 fully saturated rings. The molecule has 0 saturated carbocycles. The first kappa shape index (κ1) is 11.7. The fourth-order valence-corrected chi connectivity index (χ4v) is 2.54. The van der Waals surface area contributed by atoms with Crippen molar-refractivity contribution >= 4 is 0 Å². The van der Waals surface area contributed by atoms with Gasteiger partial charge in [-0.05, 0) is 45.4 Å². The molecule has 0 radical (unpaired) electrons. The van der Waals surface area contributed by atoms with Crippen LogP contribution in [0.15, 0.2) is 22.8 Å². The molecule has 1 saturated heterocycles. The molecule has 0 aliphatic carbocycles. The maximum atomic E-state index is 5.29. The summed E-state index contributed by atoms with van der Waals surface area (Å²) in [4.78, 5) is 2.59. The predicted molar refractivity (Wildman–Crippen MR) is 65.3 cm³/mol. The van der Waals surface area contributed by atoms with Crippen molar-refractivity contribution < 1.29 is 4.42 Å². The summed E-state index contributed by atoms with van der Waals surface area (Å²) < 4.78 is 5.29. The van der Waals surface area contributed by atoms with Gasteiger partial charge in [0.05, 0.1) is 12.8 Å². The van der Waals surface area contributed by atoms with Crippen LogP contribution in [-0.2, 0) is 6.54 Å². The number of hydrogen-bond acceptors (Lipinski definition) is 3. The molecule has 0 spiro atoms. The number of furan rings is 1. The molecule has 2 unspecified atom stereocenters.